The first-order valence-corrected chi connectivity index (χ1v) is 5.19. The van der Waals surface area contributed by atoms with Gasteiger partial charge in [-0.15, -0.1) is 0 Å². The Morgan fingerprint density at radius 2 is 2.15 bits per heavy atom. The standard InChI is InChI=1S/C10H22N2O/c1-4-12(8(2)7-13-3)10-5-9(11)6-10/h8-10H,4-7,11H2,1-3H3. The van der Waals surface area contributed by atoms with Gasteiger partial charge in [-0.2, -0.15) is 0 Å². The molecule has 1 aliphatic rings. The second-order valence-electron chi connectivity index (χ2n) is 4.02. The maximum absolute atomic E-state index is 5.78. The molecule has 1 saturated carbocycles. The largest absolute Gasteiger partial charge is 0.383 e. The topological polar surface area (TPSA) is 38.5 Å². The molecule has 0 aromatic carbocycles. The number of ether oxygens (including phenoxy) is 1. The van der Waals surface area contributed by atoms with Crippen LogP contribution in [0.25, 0.3) is 0 Å². The molecule has 2 N–H and O–H groups in total. The number of rotatable bonds is 5. The molecule has 1 aliphatic carbocycles. The van der Waals surface area contributed by atoms with Crippen molar-refractivity contribution in [3.63, 3.8) is 0 Å². The summed E-state index contributed by atoms with van der Waals surface area (Å²) < 4.78 is 5.16. The molecule has 3 heteroatoms. The molecule has 1 rings (SSSR count). The van der Waals surface area contributed by atoms with Crippen molar-refractivity contribution in [1.29, 1.82) is 0 Å². The van der Waals surface area contributed by atoms with E-state index >= 15 is 0 Å². The summed E-state index contributed by atoms with van der Waals surface area (Å²) in [5.41, 5.74) is 5.78. The molecule has 0 aliphatic heterocycles. The average molecular weight is 186 g/mol. The van der Waals surface area contributed by atoms with Crippen LogP contribution in [0.4, 0.5) is 0 Å². The summed E-state index contributed by atoms with van der Waals surface area (Å²) >= 11 is 0. The van der Waals surface area contributed by atoms with Gasteiger partial charge in [-0.3, -0.25) is 4.90 Å². The molecular weight excluding hydrogens is 164 g/mol. The van der Waals surface area contributed by atoms with E-state index in [2.05, 4.69) is 18.7 Å². The second-order valence-corrected chi connectivity index (χ2v) is 4.02. The lowest BCUT2D eigenvalue weighted by atomic mass is 9.85. The van der Waals surface area contributed by atoms with Gasteiger partial charge in [0.15, 0.2) is 0 Å². The Kier molecular flexibility index (Phi) is 4.16. The normalized spacial score (nSPS) is 30.2. The average Bonchev–Trinajstić information content (AvgIpc) is 2.03. The van der Waals surface area contributed by atoms with Crippen molar-refractivity contribution < 1.29 is 4.74 Å². The molecule has 78 valence electrons. The van der Waals surface area contributed by atoms with Gasteiger partial charge >= 0.3 is 0 Å². The monoisotopic (exact) mass is 186 g/mol. The van der Waals surface area contributed by atoms with Crippen LogP contribution in [0.3, 0.4) is 0 Å². The molecule has 0 saturated heterocycles. The highest BCUT2D eigenvalue weighted by atomic mass is 16.5. The van der Waals surface area contributed by atoms with Gasteiger partial charge in [0.05, 0.1) is 6.61 Å². The maximum Gasteiger partial charge on any atom is 0.0615 e. The Bertz CT molecular complexity index is 141. The van der Waals surface area contributed by atoms with Crippen LogP contribution < -0.4 is 5.73 Å². The van der Waals surface area contributed by atoms with Crippen LogP contribution in [-0.2, 0) is 4.74 Å². The summed E-state index contributed by atoms with van der Waals surface area (Å²) in [7, 11) is 1.76. The molecule has 0 spiro atoms. The van der Waals surface area contributed by atoms with Gasteiger partial charge in [-0.1, -0.05) is 6.92 Å². The van der Waals surface area contributed by atoms with Crippen molar-refractivity contribution in [1.82, 2.24) is 4.90 Å². The highest BCUT2D eigenvalue weighted by Gasteiger charge is 2.32. The minimum Gasteiger partial charge on any atom is -0.383 e. The van der Waals surface area contributed by atoms with E-state index in [4.69, 9.17) is 10.5 Å². The van der Waals surface area contributed by atoms with Crippen molar-refractivity contribution in [2.24, 2.45) is 5.73 Å². The lowest BCUT2D eigenvalue weighted by molar-refractivity contribution is 0.0366. The smallest absolute Gasteiger partial charge is 0.0615 e. The van der Waals surface area contributed by atoms with Gasteiger partial charge in [0.2, 0.25) is 0 Å². The highest BCUT2D eigenvalue weighted by Crippen LogP contribution is 2.25. The van der Waals surface area contributed by atoms with Crippen LogP contribution in [0, 0.1) is 0 Å². The van der Waals surface area contributed by atoms with Crippen molar-refractivity contribution in [2.75, 3.05) is 20.3 Å². The molecule has 1 fully saturated rings. The first-order valence-electron chi connectivity index (χ1n) is 5.19. The fraction of sp³-hybridized carbons (Fsp3) is 1.00. The Hall–Kier alpha value is -0.120. The van der Waals surface area contributed by atoms with Gasteiger partial charge in [-0.05, 0) is 26.3 Å². The minimum absolute atomic E-state index is 0.439. The van der Waals surface area contributed by atoms with Gasteiger partial charge < -0.3 is 10.5 Å². The lowest BCUT2D eigenvalue weighted by Crippen LogP contribution is -2.54. The zero-order chi connectivity index (χ0) is 9.84. The van der Waals surface area contributed by atoms with E-state index in [1.165, 1.54) is 0 Å². The molecule has 1 unspecified atom stereocenters. The van der Waals surface area contributed by atoms with Crippen LogP contribution in [0.5, 0.6) is 0 Å². The quantitative estimate of drug-likeness (QED) is 0.691. The van der Waals surface area contributed by atoms with Crippen LogP contribution in [0.15, 0.2) is 0 Å². The zero-order valence-corrected chi connectivity index (χ0v) is 8.99. The fourth-order valence-corrected chi connectivity index (χ4v) is 2.17. The van der Waals surface area contributed by atoms with Gasteiger partial charge in [-0.25, -0.2) is 0 Å². The number of nitrogens with zero attached hydrogens (tertiary/aromatic N) is 1. The zero-order valence-electron chi connectivity index (χ0n) is 8.99. The third-order valence-electron chi connectivity index (χ3n) is 2.96. The molecule has 0 aromatic heterocycles. The SMILES string of the molecule is CCN(C(C)COC)C1CC(N)C1. The second kappa shape index (κ2) is 4.94. The van der Waals surface area contributed by atoms with Crippen molar-refractivity contribution in [2.45, 2.75) is 44.8 Å². The third-order valence-corrected chi connectivity index (χ3v) is 2.96. The molecule has 0 bridgehead atoms. The Morgan fingerprint density at radius 3 is 2.54 bits per heavy atom. The molecular formula is C10H22N2O. The van der Waals surface area contributed by atoms with E-state index in [9.17, 15) is 0 Å². The highest BCUT2D eigenvalue weighted by molar-refractivity contribution is 4.91. The van der Waals surface area contributed by atoms with E-state index in [0.29, 0.717) is 18.1 Å². The first kappa shape index (κ1) is 11.0. The lowest BCUT2D eigenvalue weighted by Gasteiger charge is -2.43. The van der Waals surface area contributed by atoms with Gasteiger partial charge in [0, 0.05) is 25.2 Å². The number of nitrogens with two attached hydrogens (primary N) is 1. The predicted molar refractivity (Wildman–Crippen MR) is 54.7 cm³/mol. The van der Waals surface area contributed by atoms with Crippen LogP contribution in [0.1, 0.15) is 26.7 Å². The van der Waals surface area contributed by atoms with Crippen molar-refractivity contribution >= 4 is 0 Å². The van der Waals surface area contributed by atoms with E-state index in [1.807, 2.05) is 0 Å². The van der Waals surface area contributed by atoms with E-state index in [1.54, 1.807) is 7.11 Å². The summed E-state index contributed by atoms with van der Waals surface area (Å²) in [5, 5.41) is 0. The maximum atomic E-state index is 5.78. The first-order chi connectivity index (χ1) is 6.19. The van der Waals surface area contributed by atoms with Crippen LogP contribution in [0.2, 0.25) is 0 Å². The van der Waals surface area contributed by atoms with Crippen LogP contribution >= 0.6 is 0 Å². The van der Waals surface area contributed by atoms with Gasteiger partial charge in [0.25, 0.3) is 0 Å². The van der Waals surface area contributed by atoms with Crippen molar-refractivity contribution in [3.05, 3.63) is 0 Å². The molecule has 0 aromatic rings. The fourth-order valence-electron chi connectivity index (χ4n) is 2.17. The number of hydrogen-bond acceptors (Lipinski definition) is 3. The summed E-state index contributed by atoms with van der Waals surface area (Å²) in [6.45, 7) is 6.34. The van der Waals surface area contributed by atoms with E-state index in [0.717, 1.165) is 26.0 Å². The van der Waals surface area contributed by atoms with Crippen LogP contribution in [-0.4, -0.2) is 43.3 Å². The Balaban J connectivity index is 2.33. The Labute approximate surface area is 81.2 Å². The summed E-state index contributed by atoms with van der Waals surface area (Å²) in [5.74, 6) is 0. The summed E-state index contributed by atoms with van der Waals surface area (Å²) in [6, 6.07) is 1.66. The summed E-state index contributed by atoms with van der Waals surface area (Å²) in [4.78, 5) is 2.49. The van der Waals surface area contributed by atoms with E-state index < -0.39 is 0 Å². The molecule has 0 heterocycles. The molecule has 0 amide bonds. The molecule has 0 radical (unpaired) electrons. The van der Waals surface area contributed by atoms with Crippen molar-refractivity contribution in [3.8, 4) is 0 Å². The van der Waals surface area contributed by atoms with E-state index in [-0.39, 0.29) is 0 Å². The van der Waals surface area contributed by atoms with Gasteiger partial charge in [0.1, 0.15) is 0 Å². The number of hydrogen-bond donors (Lipinski definition) is 1. The summed E-state index contributed by atoms with van der Waals surface area (Å²) in [6.07, 6.45) is 2.31. The molecule has 13 heavy (non-hydrogen) atoms. The molecule has 1 atom stereocenters. The predicted octanol–water partition coefficient (Wildman–Crippen LogP) is 0.833. The third kappa shape index (κ3) is 2.66. The number of likely N-dealkylation sites (N-methyl/N-ethyl adjacent to an activating group) is 1. The number of methoxy groups -OCH3 is 1. The minimum atomic E-state index is 0.439. The molecule has 3 nitrogen and oxygen atoms in total. The Morgan fingerprint density at radius 1 is 1.54 bits per heavy atom.